The average molecular weight is 253 g/mol. The van der Waals surface area contributed by atoms with Gasteiger partial charge in [0.05, 0.1) is 4.88 Å². The third kappa shape index (κ3) is 2.80. The van der Waals surface area contributed by atoms with Gasteiger partial charge in [-0.05, 0) is 29.9 Å². The van der Waals surface area contributed by atoms with Crippen molar-refractivity contribution in [2.24, 2.45) is 5.92 Å². The normalized spacial score (nSPS) is 11.0. The molecule has 0 spiro atoms. The molecular weight excluding hydrogens is 240 g/mol. The van der Waals surface area contributed by atoms with Gasteiger partial charge < -0.3 is 0 Å². The summed E-state index contributed by atoms with van der Waals surface area (Å²) >= 11 is 7.63. The summed E-state index contributed by atoms with van der Waals surface area (Å²) in [6.07, 6.45) is 0.931. The van der Waals surface area contributed by atoms with Gasteiger partial charge >= 0.3 is 0 Å². The molecule has 84 valence electrons. The molecule has 0 saturated carbocycles. The number of hydrogen-bond acceptors (Lipinski definition) is 3. The first-order chi connectivity index (χ1) is 7.65. The second-order valence-electron chi connectivity index (χ2n) is 4.08. The van der Waals surface area contributed by atoms with Gasteiger partial charge in [0.2, 0.25) is 0 Å². The summed E-state index contributed by atoms with van der Waals surface area (Å²) < 4.78 is 0. The SMILES string of the molecule is CC(C)Cc1cc(Cl)nc(-c2cccs2)n1. The molecule has 2 nitrogen and oxygen atoms in total. The Morgan fingerprint density at radius 3 is 2.81 bits per heavy atom. The van der Waals surface area contributed by atoms with Crippen molar-refractivity contribution in [1.82, 2.24) is 9.97 Å². The lowest BCUT2D eigenvalue weighted by Crippen LogP contribution is -2.00. The second kappa shape index (κ2) is 4.93. The van der Waals surface area contributed by atoms with Gasteiger partial charge in [-0.1, -0.05) is 31.5 Å². The summed E-state index contributed by atoms with van der Waals surface area (Å²) in [4.78, 5) is 9.84. The van der Waals surface area contributed by atoms with E-state index in [0.29, 0.717) is 11.1 Å². The van der Waals surface area contributed by atoms with Gasteiger partial charge in [0.1, 0.15) is 5.15 Å². The van der Waals surface area contributed by atoms with Crippen LogP contribution in [0, 0.1) is 5.92 Å². The predicted molar refractivity (Wildman–Crippen MR) is 68.9 cm³/mol. The molecule has 2 aromatic heterocycles. The minimum absolute atomic E-state index is 0.522. The summed E-state index contributed by atoms with van der Waals surface area (Å²) in [7, 11) is 0. The van der Waals surface area contributed by atoms with Crippen LogP contribution in [-0.4, -0.2) is 9.97 Å². The molecule has 0 fully saturated rings. The van der Waals surface area contributed by atoms with Crippen LogP contribution in [0.25, 0.3) is 10.7 Å². The van der Waals surface area contributed by atoms with Crippen molar-refractivity contribution in [2.75, 3.05) is 0 Å². The highest BCUT2D eigenvalue weighted by Crippen LogP contribution is 2.23. The Bertz CT molecular complexity index is 466. The quantitative estimate of drug-likeness (QED) is 0.770. The lowest BCUT2D eigenvalue weighted by molar-refractivity contribution is 0.634. The van der Waals surface area contributed by atoms with Crippen LogP contribution < -0.4 is 0 Å². The Labute approximate surface area is 104 Å². The summed E-state index contributed by atoms with van der Waals surface area (Å²) in [6.45, 7) is 4.33. The number of nitrogens with zero attached hydrogens (tertiary/aromatic N) is 2. The van der Waals surface area contributed by atoms with Crippen molar-refractivity contribution in [3.05, 3.63) is 34.4 Å². The van der Waals surface area contributed by atoms with E-state index < -0.39 is 0 Å². The third-order valence-electron chi connectivity index (χ3n) is 2.11. The molecule has 0 aliphatic rings. The first kappa shape index (κ1) is 11.6. The van der Waals surface area contributed by atoms with E-state index in [4.69, 9.17) is 11.6 Å². The third-order valence-corrected chi connectivity index (χ3v) is 3.17. The molecule has 0 aromatic carbocycles. The van der Waals surface area contributed by atoms with Crippen molar-refractivity contribution in [3.8, 4) is 10.7 Å². The highest BCUT2D eigenvalue weighted by Gasteiger charge is 2.07. The van der Waals surface area contributed by atoms with Crippen molar-refractivity contribution in [2.45, 2.75) is 20.3 Å². The molecule has 0 radical (unpaired) electrons. The Balaban J connectivity index is 2.36. The minimum atomic E-state index is 0.522. The van der Waals surface area contributed by atoms with E-state index >= 15 is 0 Å². The molecule has 0 aliphatic carbocycles. The summed E-state index contributed by atoms with van der Waals surface area (Å²) in [6, 6.07) is 5.85. The molecule has 0 bridgehead atoms. The Morgan fingerprint density at radius 1 is 1.38 bits per heavy atom. The maximum atomic E-state index is 6.00. The van der Waals surface area contributed by atoms with Gasteiger partial charge in [0.25, 0.3) is 0 Å². The van der Waals surface area contributed by atoms with Crippen LogP contribution in [0.15, 0.2) is 23.6 Å². The van der Waals surface area contributed by atoms with Gasteiger partial charge in [0, 0.05) is 5.69 Å². The Hall–Kier alpha value is -0.930. The lowest BCUT2D eigenvalue weighted by atomic mass is 10.1. The zero-order valence-corrected chi connectivity index (χ0v) is 10.8. The molecule has 0 atom stereocenters. The maximum Gasteiger partial charge on any atom is 0.171 e. The van der Waals surface area contributed by atoms with E-state index in [-0.39, 0.29) is 0 Å². The Morgan fingerprint density at radius 2 is 2.19 bits per heavy atom. The van der Waals surface area contributed by atoms with Gasteiger partial charge in [0.15, 0.2) is 5.82 Å². The van der Waals surface area contributed by atoms with E-state index in [1.54, 1.807) is 11.3 Å². The van der Waals surface area contributed by atoms with Gasteiger partial charge in [-0.25, -0.2) is 9.97 Å². The molecule has 2 aromatic rings. The van der Waals surface area contributed by atoms with E-state index in [2.05, 4.69) is 23.8 Å². The molecule has 0 aliphatic heterocycles. The predicted octanol–water partition coefficient (Wildman–Crippen LogP) is 4.06. The first-order valence-corrected chi connectivity index (χ1v) is 6.48. The van der Waals surface area contributed by atoms with Crippen LogP contribution >= 0.6 is 22.9 Å². The molecule has 0 amide bonds. The highest BCUT2D eigenvalue weighted by atomic mass is 35.5. The standard InChI is InChI=1S/C12H13ClN2S/c1-8(2)6-9-7-11(13)15-12(14-9)10-4-3-5-16-10/h3-5,7-8H,6H2,1-2H3. The highest BCUT2D eigenvalue weighted by molar-refractivity contribution is 7.13. The number of halogens is 1. The van der Waals surface area contributed by atoms with Crippen LogP contribution in [0.4, 0.5) is 0 Å². The zero-order valence-electron chi connectivity index (χ0n) is 9.27. The molecule has 2 rings (SSSR count). The fourth-order valence-electron chi connectivity index (χ4n) is 1.50. The number of hydrogen-bond donors (Lipinski definition) is 0. The van der Waals surface area contributed by atoms with Crippen molar-refractivity contribution < 1.29 is 0 Å². The zero-order chi connectivity index (χ0) is 11.5. The minimum Gasteiger partial charge on any atom is -0.232 e. The molecule has 4 heteroatoms. The molecule has 0 N–H and O–H groups in total. The van der Waals surface area contributed by atoms with E-state index in [0.717, 1.165) is 22.8 Å². The summed E-state index contributed by atoms with van der Waals surface area (Å²) in [5.74, 6) is 1.31. The van der Waals surface area contributed by atoms with Gasteiger partial charge in [-0.3, -0.25) is 0 Å². The summed E-state index contributed by atoms with van der Waals surface area (Å²) in [5.41, 5.74) is 1.01. The van der Waals surface area contributed by atoms with Crippen molar-refractivity contribution in [1.29, 1.82) is 0 Å². The Kier molecular flexibility index (Phi) is 3.56. The fraction of sp³-hybridized carbons (Fsp3) is 0.333. The first-order valence-electron chi connectivity index (χ1n) is 5.22. The van der Waals surface area contributed by atoms with Crippen LogP contribution in [-0.2, 0) is 6.42 Å². The largest absolute Gasteiger partial charge is 0.232 e. The van der Waals surface area contributed by atoms with Crippen LogP contribution in [0.1, 0.15) is 19.5 Å². The smallest absolute Gasteiger partial charge is 0.171 e. The van der Waals surface area contributed by atoms with Crippen LogP contribution in [0.3, 0.4) is 0 Å². The average Bonchev–Trinajstić information content (AvgIpc) is 2.67. The lowest BCUT2D eigenvalue weighted by Gasteiger charge is -2.06. The van der Waals surface area contributed by atoms with Gasteiger partial charge in [-0.2, -0.15) is 0 Å². The number of rotatable bonds is 3. The van der Waals surface area contributed by atoms with Crippen molar-refractivity contribution in [3.63, 3.8) is 0 Å². The van der Waals surface area contributed by atoms with Crippen molar-refractivity contribution >= 4 is 22.9 Å². The second-order valence-corrected chi connectivity index (χ2v) is 5.42. The van der Waals surface area contributed by atoms with E-state index in [1.165, 1.54) is 0 Å². The monoisotopic (exact) mass is 252 g/mol. The maximum absolute atomic E-state index is 6.00. The topological polar surface area (TPSA) is 25.8 Å². The molecule has 0 saturated heterocycles. The fourth-order valence-corrected chi connectivity index (χ4v) is 2.37. The molecule has 2 heterocycles. The number of aromatic nitrogens is 2. The summed E-state index contributed by atoms with van der Waals surface area (Å²) in [5, 5.41) is 2.54. The van der Waals surface area contributed by atoms with E-state index in [9.17, 15) is 0 Å². The molecular formula is C12H13ClN2S. The van der Waals surface area contributed by atoms with Crippen LogP contribution in [0.5, 0.6) is 0 Å². The molecule has 16 heavy (non-hydrogen) atoms. The van der Waals surface area contributed by atoms with E-state index in [1.807, 2.05) is 23.6 Å². The number of thiophene rings is 1. The molecule has 0 unspecified atom stereocenters. The van der Waals surface area contributed by atoms with Crippen LogP contribution in [0.2, 0.25) is 5.15 Å². The van der Waals surface area contributed by atoms with Gasteiger partial charge in [-0.15, -0.1) is 11.3 Å².